The predicted molar refractivity (Wildman–Crippen MR) is 65.4 cm³/mol. The summed E-state index contributed by atoms with van der Waals surface area (Å²) in [5.74, 6) is 0.789. The molecule has 1 rings (SSSR count). The second kappa shape index (κ2) is 6.75. The standard InChI is InChI=1S/C11H24NO3P/c1-4-14-16(13,15-5-2)12-11-8-6-10(3)7-9-11/h10-11H,4-9H2,1-3H3,(H,12,13). The van der Waals surface area contributed by atoms with Gasteiger partial charge in [-0.15, -0.1) is 0 Å². The molecule has 4 nitrogen and oxygen atoms in total. The molecule has 5 heteroatoms. The van der Waals surface area contributed by atoms with Crippen LogP contribution in [-0.4, -0.2) is 19.3 Å². The van der Waals surface area contributed by atoms with Crippen molar-refractivity contribution in [2.75, 3.05) is 13.2 Å². The summed E-state index contributed by atoms with van der Waals surface area (Å²) in [5, 5.41) is 3.07. The molecule has 0 aliphatic heterocycles. The molecule has 1 N–H and O–H groups in total. The van der Waals surface area contributed by atoms with Crippen molar-refractivity contribution in [3.8, 4) is 0 Å². The Morgan fingerprint density at radius 2 is 1.62 bits per heavy atom. The zero-order chi connectivity index (χ0) is 12.0. The largest absolute Gasteiger partial charge is 0.405 e. The number of rotatable bonds is 6. The summed E-state index contributed by atoms with van der Waals surface area (Å²) in [6.45, 7) is 6.74. The molecular weight excluding hydrogens is 225 g/mol. The quantitative estimate of drug-likeness (QED) is 0.733. The molecule has 0 aromatic carbocycles. The van der Waals surface area contributed by atoms with Crippen LogP contribution >= 0.6 is 7.75 Å². The van der Waals surface area contributed by atoms with E-state index in [-0.39, 0.29) is 6.04 Å². The third kappa shape index (κ3) is 4.54. The summed E-state index contributed by atoms with van der Waals surface area (Å²) in [6.07, 6.45) is 4.50. The third-order valence-electron chi connectivity index (χ3n) is 2.95. The van der Waals surface area contributed by atoms with Gasteiger partial charge in [0.1, 0.15) is 0 Å². The normalized spacial score (nSPS) is 26.9. The molecule has 0 atom stereocenters. The van der Waals surface area contributed by atoms with Crippen LogP contribution in [0.3, 0.4) is 0 Å². The Kier molecular flexibility index (Phi) is 5.98. The van der Waals surface area contributed by atoms with Gasteiger partial charge in [0, 0.05) is 6.04 Å². The number of hydrogen-bond acceptors (Lipinski definition) is 3. The molecule has 0 unspecified atom stereocenters. The molecule has 0 bridgehead atoms. The minimum atomic E-state index is -3.06. The highest BCUT2D eigenvalue weighted by Crippen LogP contribution is 2.45. The van der Waals surface area contributed by atoms with E-state index in [4.69, 9.17) is 9.05 Å². The van der Waals surface area contributed by atoms with E-state index >= 15 is 0 Å². The molecular formula is C11H24NO3P. The van der Waals surface area contributed by atoms with E-state index in [9.17, 15) is 4.57 Å². The molecule has 1 fully saturated rings. The molecule has 0 aromatic heterocycles. The highest BCUT2D eigenvalue weighted by Gasteiger charge is 2.29. The Morgan fingerprint density at radius 3 is 2.06 bits per heavy atom. The highest BCUT2D eigenvalue weighted by molar-refractivity contribution is 7.51. The fourth-order valence-electron chi connectivity index (χ4n) is 2.06. The van der Waals surface area contributed by atoms with Gasteiger partial charge in [-0.3, -0.25) is 9.05 Å². The van der Waals surface area contributed by atoms with Crippen molar-refractivity contribution < 1.29 is 13.6 Å². The first-order valence-electron chi connectivity index (χ1n) is 6.26. The summed E-state index contributed by atoms with van der Waals surface area (Å²) < 4.78 is 22.7. The summed E-state index contributed by atoms with van der Waals surface area (Å²) >= 11 is 0. The smallest absolute Gasteiger partial charge is 0.297 e. The van der Waals surface area contributed by atoms with Crippen molar-refractivity contribution in [3.05, 3.63) is 0 Å². The van der Waals surface area contributed by atoms with Gasteiger partial charge in [0.2, 0.25) is 0 Å². The fourth-order valence-corrected chi connectivity index (χ4v) is 3.67. The van der Waals surface area contributed by atoms with E-state index in [0.717, 1.165) is 18.8 Å². The first-order chi connectivity index (χ1) is 7.59. The predicted octanol–water partition coefficient (Wildman–Crippen LogP) is 3.34. The Labute approximate surface area is 98.7 Å². The topological polar surface area (TPSA) is 47.6 Å². The minimum absolute atomic E-state index is 0.278. The van der Waals surface area contributed by atoms with E-state index in [0.29, 0.717) is 13.2 Å². The van der Waals surface area contributed by atoms with Gasteiger partial charge in [0.05, 0.1) is 13.2 Å². The first-order valence-corrected chi connectivity index (χ1v) is 7.80. The maximum absolute atomic E-state index is 12.2. The SMILES string of the molecule is CCOP(=O)(NC1CCC(C)CC1)OCC. The van der Waals surface area contributed by atoms with Gasteiger partial charge >= 0.3 is 7.75 Å². The van der Waals surface area contributed by atoms with Crippen LogP contribution in [0.1, 0.15) is 46.5 Å². The molecule has 1 aliphatic carbocycles. The van der Waals surface area contributed by atoms with E-state index in [1.165, 1.54) is 12.8 Å². The van der Waals surface area contributed by atoms with Crippen LogP contribution in [0, 0.1) is 5.92 Å². The van der Waals surface area contributed by atoms with Gasteiger partial charge in [-0.2, -0.15) is 0 Å². The zero-order valence-electron chi connectivity index (χ0n) is 10.6. The van der Waals surface area contributed by atoms with Crippen LogP contribution in [0.2, 0.25) is 0 Å². The monoisotopic (exact) mass is 249 g/mol. The summed E-state index contributed by atoms with van der Waals surface area (Å²) in [5.41, 5.74) is 0. The Bertz CT molecular complexity index is 229. The van der Waals surface area contributed by atoms with Gasteiger partial charge < -0.3 is 0 Å². The molecule has 96 valence electrons. The maximum atomic E-state index is 12.2. The molecule has 16 heavy (non-hydrogen) atoms. The average molecular weight is 249 g/mol. The van der Waals surface area contributed by atoms with Crippen LogP contribution in [0.15, 0.2) is 0 Å². The summed E-state index contributed by atoms with van der Waals surface area (Å²) in [7, 11) is -3.06. The fraction of sp³-hybridized carbons (Fsp3) is 1.00. The van der Waals surface area contributed by atoms with Gasteiger partial charge in [-0.05, 0) is 45.4 Å². The van der Waals surface area contributed by atoms with Crippen LogP contribution in [0.25, 0.3) is 0 Å². The van der Waals surface area contributed by atoms with Crippen molar-refractivity contribution in [2.45, 2.75) is 52.5 Å². The molecule has 0 radical (unpaired) electrons. The van der Waals surface area contributed by atoms with E-state index in [2.05, 4.69) is 12.0 Å². The molecule has 0 heterocycles. The van der Waals surface area contributed by atoms with Crippen LogP contribution < -0.4 is 5.09 Å². The average Bonchev–Trinajstić information content (AvgIpc) is 2.22. The second-order valence-electron chi connectivity index (χ2n) is 4.42. The lowest BCUT2D eigenvalue weighted by Gasteiger charge is -2.29. The Morgan fingerprint density at radius 1 is 1.12 bits per heavy atom. The third-order valence-corrected chi connectivity index (χ3v) is 4.83. The molecule has 1 aliphatic rings. The van der Waals surface area contributed by atoms with Gasteiger partial charge in [0.25, 0.3) is 0 Å². The van der Waals surface area contributed by atoms with Crippen LogP contribution in [-0.2, 0) is 13.6 Å². The van der Waals surface area contributed by atoms with Crippen molar-refractivity contribution >= 4 is 7.75 Å². The van der Waals surface area contributed by atoms with E-state index in [1.54, 1.807) is 0 Å². The number of nitrogens with one attached hydrogen (secondary N) is 1. The Balaban J connectivity index is 2.45. The lowest BCUT2D eigenvalue weighted by Crippen LogP contribution is -2.31. The Hall–Kier alpha value is 0.110. The van der Waals surface area contributed by atoms with Crippen molar-refractivity contribution in [1.82, 2.24) is 5.09 Å². The molecule has 0 saturated heterocycles. The maximum Gasteiger partial charge on any atom is 0.405 e. The van der Waals surface area contributed by atoms with Gasteiger partial charge in [-0.25, -0.2) is 9.65 Å². The summed E-state index contributed by atoms with van der Waals surface area (Å²) in [6, 6.07) is 0.278. The van der Waals surface area contributed by atoms with Gasteiger partial charge in [-0.1, -0.05) is 6.92 Å². The first kappa shape index (κ1) is 14.2. The highest BCUT2D eigenvalue weighted by atomic mass is 31.2. The van der Waals surface area contributed by atoms with E-state index in [1.807, 2.05) is 13.8 Å². The molecule has 0 amide bonds. The van der Waals surface area contributed by atoms with Crippen molar-refractivity contribution in [2.24, 2.45) is 5.92 Å². The van der Waals surface area contributed by atoms with Gasteiger partial charge in [0.15, 0.2) is 0 Å². The van der Waals surface area contributed by atoms with Crippen LogP contribution in [0.4, 0.5) is 0 Å². The zero-order valence-corrected chi connectivity index (χ0v) is 11.5. The van der Waals surface area contributed by atoms with Crippen molar-refractivity contribution in [3.63, 3.8) is 0 Å². The van der Waals surface area contributed by atoms with Crippen molar-refractivity contribution in [1.29, 1.82) is 0 Å². The summed E-state index contributed by atoms with van der Waals surface area (Å²) in [4.78, 5) is 0. The number of hydrogen-bond donors (Lipinski definition) is 1. The van der Waals surface area contributed by atoms with Crippen LogP contribution in [0.5, 0.6) is 0 Å². The molecule has 0 aromatic rings. The lowest BCUT2D eigenvalue weighted by molar-refractivity contribution is 0.199. The minimum Gasteiger partial charge on any atom is -0.297 e. The molecule has 1 saturated carbocycles. The lowest BCUT2D eigenvalue weighted by atomic mass is 9.88. The van der Waals surface area contributed by atoms with E-state index < -0.39 is 7.75 Å². The molecule has 0 spiro atoms. The second-order valence-corrected chi connectivity index (χ2v) is 6.19.